The molecule has 0 bridgehead atoms. The minimum atomic E-state index is -0.229. The zero-order valence-electron chi connectivity index (χ0n) is 8.54. The molecule has 14 heavy (non-hydrogen) atoms. The van der Waals surface area contributed by atoms with Crippen LogP contribution in [0.5, 0.6) is 0 Å². The molecule has 0 unspecified atom stereocenters. The van der Waals surface area contributed by atoms with Crippen LogP contribution in [0.3, 0.4) is 0 Å². The normalized spacial score (nSPS) is 11.0. The molecule has 0 aliphatic heterocycles. The Balaban J connectivity index is 2.36. The first-order valence-electron chi connectivity index (χ1n) is 5.11. The lowest BCUT2D eigenvalue weighted by molar-refractivity contribution is 0.628. The van der Waals surface area contributed by atoms with E-state index in [4.69, 9.17) is 0 Å². The molecular weight excluding hydrogens is 177 g/mol. The highest BCUT2D eigenvalue weighted by atomic mass is 19.1. The quantitative estimate of drug-likeness (QED) is 0.493. The predicted molar refractivity (Wildman–Crippen MR) is 58.7 cm³/mol. The molecule has 0 aromatic heterocycles. The van der Waals surface area contributed by atoms with Gasteiger partial charge in [-0.3, -0.25) is 4.99 Å². The number of rotatable bonds is 5. The molecule has 2 heteroatoms. The summed E-state index contributed by atoms with van der Waals surface area (Å²) in [5.41, 5.74) is 0.696. The van der Waals surface area contributed by atoms with Crippen molar-refractivity contribution in [2.24, 2.45) is 4.99 Å². The van der Waals surface area contributed by atoms with E-state index in [1.807, 2.05) is 6.21 Å². The number of halogens is 1. The highest BCUT2D eigenvalue weighted by Crippen LogP contribution is 2.12. The van der Waals surface area contributed by atoms with E-state index in [0.717, 1.165) is 12.8 Å². The largest absolute Gasteiger partial charge is 0.261 e. The molecule has 0 radical (unpaired) electrons. The van der Waals surface area contributed by atoms with Crippen LogP contribution < -0.4 is 0 Å². The molecule has 76 valence electrons. The predicted octanol–water partition coefficient (Wildman–Crippen LogP) is 4.11. The number of hydrogen-bond acceptors (Lipinski definition) is 1. The van der Waals surface area contributed by atoms with Crippen molar-refractivity contribution >= 4 is 11.9 Å². The maximum absolute atomic E-state index is 12.7. The average molecular weight is 193 g/mol. The maximum atomic E-state index is 12.7. The fourth-order valence-electron chi connectivity index (χ4n) is 1.21. The van der Waals surface area contributed by atoms with Crippen LogP contribution >= 0.6 is 0 Å². The number of aliphatic imine (C=N–C) groups is 1. The fourth-order valence-corrected chi connectivity index (χ4v) is 1.21. The van der Waals surface area contributed by atoms with E-state index >= 15 is 0 Å². The number of benzene rings is 1. The topological polar surface area (TPSA) is 12.4 Å². The molecule has 0 atom stereocenters. The molecule has 1 rings (SSSR count). The van der Waals surface area contributed by atoms with Gasteiger partial charge >= 0.3 is 0 Å². The van der Waals surface area contributed by atoms with Crippen LogP contribution in [-0.4, -0.2) is 6.21 Å². The van der Waals surface area contributed by atoms with Gasteiger partial charge in [0.05, 0.1) is 5.69 Å². The van der Waals surface area contributed by atoms with Crippen molar-refractivity contribution in [3.8, 4) is 0 Å². The van der Waals surface area contributed by atoms with E-state index in [1.54, 1.807) is 12.1 Å². The van der Waals surface area contributed by atoms with Crippen LogP contribution in [-0.2, 0) is 0 Å². The molecular formula is C12H16FN. The molecule has 0 amide bonds. The Morgan fingerprint density at radius 3 is 2.93 bits per heavy atom. The first-order chi connectivity index (χ1) is 6.83. The van der Waals surface area contributed by atoms with Crippen molar-refractivity contribution in [2.45, 2.75) is 32.6 Å². The minimum absolute atomic E-state index is 0.229. The van der Waals surface area contributed by atoms with Gasteiger partial charge in [0.25, 0.3) is 0 Å². The van der Waals surface area contributed by atoms with Gasteiger partial charge in [-0.05, 0) is 31.0 Å². The number of hydrogen-bond donors (Lipinski definition) is 0. The zero-order valence-corrected chi connectivity index (χ0v) is 8.54. The monoisotopic (exact) mass is 193 g/mol. The van der Waals surface area contributed by atoms with Gasteiger partial charge in [0.15, 0.2) is 0 Å². The Morgan fingerprint density at radius 2 is 2.21 bits per heavy atom. The van der Waals surface area contributed by atoms with Gasteiger partial charge < -0.3 is 0 Å². The SMILES string of the molecule is CCCCCC=Nc1cccc(F)c1. The second-order valence-electron chi connectivity index (χ2n) is 3.29. The Kier molecular flexibility index (Phi) is 4.90. The molecule has 0 spiro atoms. The maximum Gasteiger partial charge on any atom is 0.125 e. The summed E-state index contributed by atoms with van der Waals surface area (Å²) in [4.78, 5) is 4.17. The van der Waals surface area contributed by atoms with Crippen molar-refractivity contribution in [3.63, 3.8) is 0 Å². The third-order valence-electron chi connectivity index (χ3n) is 1.99. The number of unbranched alkanes of at least 4 members (excludes halogenated alkanes) is 3. The minimum Gasteiger partial charge on any atom is -0.261 e. The van der Waals surface area contributed by atoms with Crippen LogP contribution in [0.25, 0.3) is 0 Å². The molecule has 0 fully saturated rings. The van der Waals surface area contributed by atoms with Gasteiger partial charge in [-0.2, -0.15) is 0 Å². The third kappa shape index (κ3) is 4.17. The van der Waals surface area contributed by atoms with Crippen LogP contribution in [0.2, 0.25) is 0 Å². The Morgan fingerprint density at radius 1 is 1.36 bits per heavy atom. The van der Waals surface area contributed by atoms with Gasteiger partial charge in [0, 0.05) is 6.21 Å². The highest BCUT2D eigenvalue weighted by Gasteiger charge is 1.90. The number of nitrogens with zero attached hydrogens (tertiary/aromatic N) is 1. The van der Waals surface area contributed by atoms with Gasteiger partial charge in [-0.15, -0.1) is 0 Å². The zero-order chi connectivity index (χ0) is 10.2. The summed E-state index contributed by atoms with van der Waals surface area (Å²) >= 11 is 0. The fraction of sp³-hybridized carbons (Fsp3) is 0.417. The highest BCUT2D eigenvalue weighted by molar-refractivity contribution is 5.62. The van der Waals surface area contributed by atoms with Crippen LogP contribution in [0.4, 0.5) is 10.1 Å². The summed E-state index contributed by atoms with van der Waals surface area (Å²) in [5.74, 6) is -0.229. The molecule has 0 aliphatic carbocycles. The summed E-state index contributed by atoms with van der Waals surface area (Å²) in [6.07, 6.45) is 6.45. The second kappa shape index (κ2) is 6.30. The van der Waals surface area contributed by atoms with E-state index in [0.29, 0.717) is 5.69 Å². The molecule has 0 saturated heterocycles. The second-order valence-corrected chi connectivity index (χ2v) is 3.29. The summed E-state index contributed by atoms with van der Waals surface area (Å²) < 4.78 is 12.7. The van der Waals surface area contributed by atoms with Crippen molar-refractivity contribution < 1.29 is 4.39 Å². The summed E-state index contributed by atoms with van der Waals surface area (Å²) in [7, 11) is 0. The van der Waals surface area contributed by atoms with Gasteiger partial charge in [0.2, 0.25) is 0 Å². The Labute approximate surface area is 84.7 Å². The molecule has 0 heterocycles. The molecule has 1 aromatic carbocycles. The summed E-state index contributed by atoms with van der Waals surface area (Å²) in [6.45, 7) is 2.17. The summed E-state index contributed by atoms with van der Waals surface area (Å²) in [6, 6.07) is 6.35. The van der Waals surface area contributed by atoms with Gasteiger partial charge in [-0.1, -0.05) is 25.8 Å². The Bertz CT molecular complexity index is 294. The van der Waals surface area contributed by atoms with Crippen molar-refractivity contribution in [1.82, 2.24) is 0 Å². The van der Waals surface area contributed by atoms with E-state index < -0.39 is 0 Å². The lowest BCUT2D eigenvalue weighted by atomic mass is 10.2. The van der Waals surface area contributed by atoms with Gasteiger partial charge in [0.1, 0.15) is 5.82 Å². The van der Waals surface area contributed by atoms with Crippen molar-refractivity contribution in [1.29, 1.82) is 0 Å². The molecule has 0 N–H and O–H groups in total. The van der Waals surface area contributed by atoms with E-state index in [2.05, 4.69) is 11.9 Å². The lowest BCUT2D eigenvalue weighted by Crippen LogP contribution is -1.77. The van der Waals surface area contributed by atoms with Crippen LogP contribution in [0.15, 0.2) is 29.3 Å². The smallest absolute Gasteiger partial charge is 0.125 e. The van der Waals surface area contributed by atoms with E-state index in [9.17, 15) is 4.39 Å². The van der Waals surface area contributed by atoms with Gasteiger partial charge in [-0.25, -0.2) is 4.39 Å². The van der Waals surface area contributed by atoms with Crippen LogP contribution in [0.1, 0.15) is 32.6 Å². The molecule has 1 aromatic rings. The lowest BCUT2D eigenvalue weighted by Gasteiger charge is -1.94. The standard InChI is InChI=1S/C12H16FN/c1-2-3-4-5-9-14-12-8-6-7-11(13)10-12/h6-10H,2-5H2,1H3. The third-order valence-corrected chi connectivity index (χ3v) is 1.99. The Hall–Kier alpha value is -1.18. The molecule has 0 aliphatic rings. The van der Waals surface area contributed by atoms with Crippen LogP contribution in [0, 0.1) is 5.82 Å². The first-order valence-corrected chi connectivity index (χ1v) is 5.11. The van der Waals surface area contributed by atoms with E-state index in [1.165, 1.54) is 25.0 Å². The molecule has 1 nitrogen and oxygen atoms in total. The summed E-state index contributed by atoms with van der Waals surface area (Å²) in [5, 5.41) is 0. The molecule has 0 saturated carbocycles. The van der Waals surface area contributed by atoms with E-state index in [-0.39, 0.29) is 5.82 Å². The van der Waals surface area contributed by atoms with Crippen molar-refractivity contribution in [3.05, 3.63) is 30.1 Å². The first kappa shape index (κ1) is 10.9. The average Bonchev–Trinajstić information content (AvgIpc) is 2.18. The van der Waals surface area contributed by atoms with Crippen molar-refractivity contribution in [2.75, 3.05) is 0 Å².